The Bertz CT molecular complexity index is 769. The van der Waals surface area contributed by atoms with Crippen molar-refractivity contribution in [2.24, 2.45) is 4.99 Å². The molecule has 0 saturated carbocycles. The van der Waals surface area contributed by atoms with Crippen molar-refractivity contribution in [3.8, 4) is 16.9 Å². The van der Waals surface area contributed by atoms with Crippen molar-refractivity contribution in [2.45, 2.75) is 19.4 Å². The lowest BCUT2D eigenvalue weighted by Crippen LogP contribution is -2.17. The summed E-state index contributed by atoms with van der Waals surface area (Å²) in [5.74, 6) is -0.966. The maximum atomic E-state index is 13.9. The van der Waals surface area contributed by atoms with E-state index in [-0.39, 0.29) is 16.9 Å². The number of benzene rings is 2. The molecule has 0 radical (unpaired) electrons. The van der Waals surface area contributed by atoms with Crippen LogP contribution in [0.15, 0.2) is 41.4 Å². The molecule has 0 aliphatic carbocycles. The molecule has 114 valence electrons. The van der Waals surface area contributed by atoms with Gasteiger partial charge in [0.2, 0.25) is 5.90 Å². The second-order valence-electron chi connectivity index (χ2n) is 5.87. The molecule has 0 atom stereocenters. The van der Waals surface area contributed by atoms with Gasteiger partial charge in [-0.2, -0.15) is 0 Å². The van der Waals surface area contributed by atoms with Crippen molar-refractivity contribution in [1.29, 1.82) is 0 Å². The minimum Gasteiger partial charge on any atom is -0.507 e. The number of rotatable bonds is 2. The molecule has 1 heterocycles. The zero-order chi connectivity index (χ0) is 15.9. The lowest BCUT2D eigenvalue weighted by atomic mass is 10.0. The molecule has 0 fully saturated rings. The van der Waals surface area contributed by atoms with Crippen molar-refractivity contribution in [3.63, 3.8) is 0 Å². The van der Waals surface area contributed by atoms with Gasteiger partial charge in [-0.3, -0.25) is 0 Å². The van der Waals surface area contributed by atoms with Crippen molar-refractivity contribution in [3.05, 3.63) is 53.6 Å². The third-order valence-corrected chi connectivity index (χ3v) is 3.44. The lowest BCUT2D eigenvalue weighted by molar-refractivity contribution is 0.279. The SMILES string of the molecule is CC1(C)COC(c2cc(-c3ccc(F)cc3F)ccc2O)=N1. The van der Waals surface area contributed by atoms with Crippen LogP contribution in [0.2, 0.25) is 0 Å². The van der Waals surface area contributed by atoms with E-state index in [1.807, 2.05) is 13.8 Å². The van der Waals surface area contributed by atoms with E-state index in [2.05, 4.69) is 4.99 Å². The zero-order valence-corrected chi connectivity index (χ0v) is 12.2. The summed E-state index contributed by atoms with van der Waals surface area (Å²) in [6, 6.07) is 7.99. The van der Waals surface area contributed by atoms with Gasteiger partial charge in [-0.05, 0) is 43.7 Å². The minimum atomic E-state index is -0.661. The zero-order valence-electron chi connectivity index (χ0n) is 12.2. The normalized spacial score (nSPS) is 16.3. The molecule has 22 heavy (non-hydrogen) atoms. The first-order valence-corrected chi connectivity index (χ1v) is 6.87. The Morgan fingerprint density at radius 2 is 1.86 bits per heavy atom. The number of aromatic hydroxyl groups is 1. The van der Waals surface area contributed by atoms with Crippen LogP contribution in [-0.2, 0) is 4.74 Å². The molecule has 0 spiro atoms. The van der Waals surface area contributed by atoms with Crippen LogP contribution in [0.4, 0.5) is 8.78 Å². The molecule has 2 aromatic carbocycles. The highest BCUT2D eigenvalue weighted by atomic mass is 19.1. The summed E-state index contributed by atoms with van der Waals surface area (Å²) in [4.78, 5) is 4.40. The number of nitrogens with zero attached hydrogens (tertiary/aromatic N) is 1. The topological polar surface area (TPSA) is 41.8 Å². The van der Waals surface area contributed by atoms with E-state index in [4.69, 9.17) is 4.74 Å². The average molecular weight is 303 g/mol. The standard InChI is InChI=1S/C17H15F2NO2/c1-17(2)9-22-16(20-17)13-7-10(3-6-15(13)21)12-5-4-11(18)8-14(12)19/h3-8,21H,9H2,1-2H3. The van der Waals surface area contributed by atoms with Crippen LogP contribution in [0.25, 0.3) is 11.1 Å². The predicted octanol–water partition coefficient (Wildman–Crippen LogP) is 3.89. The number of halogens is 2. The Labute approximate surface area is 126 Å². The number of hydrogen-bond donors (Lipinski definition) is 1. The van der Waals surface area contributed by atoms with E-state index in [0.717, 1.165) is 6.07 Å². The van der Waals surface area contributed by atoms with Crippen LogP contribution in [-0.4, -0.2) is 23.2 Å². The molecular weight excluding hydrogens is 288 g/mol. The van der Waals surface area contributed by atoms with Gasteiger partial charge in [0.15, 0.2) is 0 Å². The van der Waals surface area contributed by atoms with E-state index in [1.54, 1.807) is 12.1 Å². The second kappa shape index (κ2) is 5.09. The summed E-state index contributed by atoms with van der Waals surface area (Å²) >= 11 is 0. The Kier molecular flexibility index (Phi) is 3.35. The van der Waals surface area contributed by atoms with Crippen LogP contribution in [0.5, 0.6) is 5.75 Å². The number of ether oxygens (including phenoxy) is 1. The van der Waals surface area contributed by atoms with Gasteiger partial charge in [-0.1, -0.05) is 6.07 Å². The summed E-state index contributed by atoms with van der Waals surface area (Å²) in [6.07, 6.45) is 0. The smallest absolute Gasteiger partial charge is 0.220 e. The summed E-state index contributed by atoms with van der Waals surface area (Å²) in [5.41, 5.74) is 0.799. The first-order valence-electron chi connectivity index (χ1n) is 6.87. The van der Waals surface area contributed by atoms with Gasteiger partial charge in [-0.15, -0.1) is 0 Å². The summed E-state index contributed by atoms with van der Waals surface area (Å²) in [7, 11) is 0. The Hall–Kier alpha value is -2.43. The highest BCUT2D eigenvalue weighted by Crippen LogP contribution is 2.31. The van der Waals surface area contributed by atoms with Crippen molar-refractivity contribution in [1.82, 2.24) is 0 Å². The van der Waals surface area contributed by atoms with E-state index in [0.29, 0.717) is 23.6 Å². The number of hydrogen-bond acceptors (Lipinski definition) is 3. The molecule has 1 aliphatic heterocycles. The predicted molar refractivity (Wildman–Crippen MR) is 80.0 cm³/mol. The molecular formula is C17H15F2NO2. The monoisotopic (exact) mass is 303 g/mol. The first kappa shape index (κ1) is 14.5. The number of aliphatic imine (C=N–C) groups is 1. The summed E-state index contributed by atoms with van der Waals surface area (Å²) in [6.45, 7) is 4.25. The van der Waals surface area contributed by atoms with Gasteiger partial charge >= 0.3 is 0 Å². The van der Waals surface area contributed by atoms with Crippen molar-refractivity contribution < 1.29 is 18.6 Å². The van der Waals surface area contributed by atoms with Crippen LogP contribution in [0.1, 0.15) is 19.4 Å². The Balaban J connectivity index is 2.07. The third-order valence-electron chi connectivity index (χ3n) is 3.44. The fourth-order valence-electron chi connectivity index (χ4n) is 2.32. The molecule has 1 aliphatic rings. The molecule has 3 nitrogen and oxygen atoms in total. The van der Waals surface area contributed by atoms with E-state index in [9.17, 15) is 13.9 Å². The van der Waals surface area contributed by atoms with Crippen LogP contribution in [0, 0.1) is 11.6 Å². The first-order chi connectivity index (χ1) is 10.4. The van der Waals surface area contributed by atoms with E-state index in [1.165, 1.54) is 18.2 Å². The molecule has 1 N–H and O–H groups in total. The summed E-state index contributed by atoms with van der Waals surface area (Å²) in [5, 5.41) is 10.0. The van der Waals surface area contributed by atoms with E-state index >= 15 is 0 Å². The van der Waals surface area contributed by atoms with Gasteiger partial charge in [0.05, 0.1) is 11.1 Å². The highest BCUT2D eigenvalue weighted by molar-refractivity contribution is 5.99. The van der Waals surface area contributed by atoms with E-state index < -0.39 is 11.6 Å². The third kappa shape index (κ3) is 2.66. The molecule has 5 heteroatoms. The quantitative estimate of drug-likeness (QED) is 0.914. The molecule has 0 amide bonds. The molecule has 0 aromatic heterocycles. The molecule has 3 rings (SSSR count). The Morgan fingerprint density at radius 3 is 2.50 bits per heavy atom. The van der Waals surface area contributed by atoms with Gasteiger partial charge in [-0.25, -0.2) is 13.8 Å². The minimum absolute atomic E-state index is 0.00252. The number of phenols is 1. The molecule has 0 bridgehead atoms. The fraction of sp³-hybridized carbons (Fsp3) is 0.235. The van der Waals surface area contributed by atoms with Crippen molar-refractivity contribution in [2.75, 3.05) is 6.61 Å². The van der Waals surface area contributed by atoms with Gasteiger partial charge in [0, 0.05) is 11.6 Å². The number of phenolic OH excluding ortho intramolecular Hbond substituents is 1. The van der Waals surface area contributed by atoms with Gasteiger partial charge in [0.1, 0.15) is 24.0 Å². The molecule has 0 saturated heterocycles. The van der Waals surface area contributed by atoms with Crippen LogP contribution in [0.3, 0.4) is 0 Å². The largest absolute Gasteiger partial charge is 0.507 e. The summed E-state index contributed by atoms with van der Waals surface area (Å²) < 4.78 is 32.4. The lowest BCUT2D eigenvalue weighted by Gasteiger charge is -2.09. The van der Waals surface area contributed by atoms with Gasteiger partial charge < -0.3 is 9.84 Å². The maximum absolute atomic E-state index is 13.9. The molecule has 0 unspecified atom stereocenters. The fourth-order valence-corrected chi connectivity index (χ4v) is 2.32. The van der Waals surface area contributed by atoms with Crippen LogP contribution < -0.4 is 0 Å². The average Bonchev–Trinajstić information content (AvgIpc) is 2.80. The molecule has 2 aromatic rings. The van der Waals surface area contributed by atoms with Crippen LogP contribution >= 0.6 is 0 Å². The van der Waals surface area contributed by atoms with Gasteiger partial charge in [0.25, 0.3) is 0 Å². The maximum Gasteiger partial charge on any atom is 0.220 e. The highest BCUT2D eigenvalue weighted by Gasteiger charge is 2.28. The van der Waals surface area contributed by atoms with Crippen molar-refractivity contribution >= 4 is 5.90 Å². The second-order valence-corrected chi connectivity index (χ2v) is 5.87. The Morgan fingerprint density at radius 1 is 1.09 bits per heavy atom.